The van der Waals surface area contributed by atoms with Gasteiger partial charge in [-0.25, -0.2) is 9.59 Å². The predicted molar refractivity (Wildman–Crippen MR) is 116 cm³/mol. The van der Waals surface area contributed by atoms with Crippen molar-refractivity contribution in [2.75, 3.05) is 60.6 Å². The monoisotopic (exact) mass is 432 g/mol. The molecule has 2 aliphatic rings. The summed E-state index contributed by atoms with van der Waals surface area (Å²) >= 11 is 0. The van der Waals surface area contributed by atoms with Crippen LogP contribution < -0.4 is 20.1 Å². The van der Waals surface area contributed by atoms with Crippen molar-refractivity contribution in [1.29, 1.82) is 0 Å². The molecule has 1 atom stereocenters. The van der Waals surface area contributed by atoms with Crippen molar-refractivity contribution in [3.8, 4) is 11.5 Å². The molecule has 1 fully saturated rings. The first-order chi connectivity index (χ1) is 15.0. The number of hydrogen-bond donors (Lipinski definition) is 2. The molecule has 0 bridgehead atoms. The molecule has 0 spiro atoms. The molecular weight excluding hydrogens is 400 g/mol. The maximum Gasteiger partial charge on any atom is 0.338 e. The van der Waals surface area contributed by atoms with E-state index in [9.17, 15) is 9.59 Å². The van der Waals surface area contributed by atoms with Gasteiger partial charge in [0, 0.05) is 25.3 Å². The Morgan fingerprint density at radius 1 is 1.13 bits per heavy atom. The van der Waals surface area contributed by atoms with Crippen LogP contribution in [0.1, 0.15) is 24.9 Å². The maximum atomic E-state index is 13.0. The number of ether oxygens (including phenoxy) is 3. The van der Waals surface area contributed by atoms with Crippen LogP contribution in [0, 0.1) is 0 Å². The Bertz CT molecular complexity index is 841. The van der Waals surface area contributed by atoms with Crippen LogP contribution in [0.15, 0.2) is 29.5 Å². The average molecular weight is 433 g/mol. The molecule has 1 unspecified atom stereocenters. The lowest BCUT2D eigenvalue weighted by Gasteiger charge is -2.32. The van der Waals surface area contributed by atoms with Crippen LogP contribution in [-0.2, 0) is 9.53 Å². The van der Waals surface area contributed by atoms with Crippen LogP contribution in [0.4, 0.5) is 4.79 Å². The van der Waals surface area contributed by atoms with Gasteiger partial charge in [-0.3, -0.25) is 4.90 Å². The molecule has 3 rings (SSSR count). The van der Waals surface area contributed by atoms with E-state index in [0.717, 1.165) is 32.6 Å². The van der Waals surface area contributed by atoms with Crippen LogP contribution in [0.5, 0.6) is 11.5 Å². The molecule has 31 heavy (non-hydrogen) atoms. The molecular formula is C22H32N4O5. The van der Waals surface area contributed by atoms with Gasteiger partial charge < -0.3 is 29.7 Å². The summed E-state index contributed by atoms with van der Waals surface area (Å²) < 4.78 is 16.1. The molecule has 0 aliphatic carbocycles. The minimum Gasteiger partial charge on any atom is -0.493 e. The van der Waals surface area contributed by atoms with Gasteiger partial charge in [-0.15, -0.1) is 0 Å². The molecule has 9 nitrogen and oxygen atoms in total. The smallest absolute Gasteiger partial charge is 0.338 e. The number of esters is 1. The average Bonchev–Trinajstić information content (AvgIpc) is 2.96. The normalized spacial score (nSPS) is 20.5. The second kappa shape index (κ2) is 10.5. The van der Waals surface area contributed by atoms with E-state index < -0.39 is 12.0 Å². The summed E-state index contributed by atoms with van der Waals surface area (Å²) in [5, 5.41) is 5.72. The lowest BCUT2D eigenvalue weighted by atomic mass is 9.94. The highest BCUT2D eigenvalue weighted by molar-refractivity contribution is 5.95. The molecule has 170 valence electrons. The Balaban J connectivity index is 1.99. The van der Waals surface area contributed by atoms with Gasteiger partial charge in [0.05, 0.1) is 32.4 Å². The number of carbonyl (C=O) groups is 2. The molecule has 2 heterocycles. The second-order valence-corrected chi connectivity index (χ2v) is 7.69. The van der Waals surface area contributed by atoms with Crippen molar-refractivity contribution in [3.63, 3.8) is 0 Å². The zero-order valence-corrected chi connectivity index (χ0v) is 18.7. The Hall–Kier alpha value is -2.78. The lowest BCUT2D eigenvalue weighted by molar-refractivity contribution is -0.139. The van der Waals surface area contributed by atoms with Crippen LogP contribution >= 0.6 is 0 Å². The number of nitrogens with zero attached hydrogens (tertiary/aromatic N) is 2. The lowest BCUT2D eigenvalue weighted by Crippen LogP contribution is -2.48. The largest absolute Gasteiger partial charge is 0.493 e. The van der Waals surface area contributed by atoms with E-state index in [1.165, 1.54) is 0 Å². The minimum atomic E-state index is -0.655. The Labute approximate surface area is 183 Å². The Kier molecular flexibility index (Phi) is 7.75. The highest BCUT2D eigenvalue weighted by atomic mass is 16.5. The zero-order valence-electron chi connectivity index (χ0n) is 18.7. The topological polar surface area (TPSA) is 92.4 Å². The summed E-state index contributed by atoms with van der Waals surface area (Å²) in [7, 11) is 5.21. The molecule has 1 saturated heterocycles. The molecule has 1 aromatic carbocycles. The first-order valence-electron chi connectivity index (χ1n) is 10.6. The number of carbonyl (C=O) groups excluding carboxylic acids is 2. The van der Waals surface area contributed by atoms with Crippen LogP contribution in [0.2, 0.25) is 0 Å². The van der Waals surface area contributed by atoms with Gasteiger partial charge in [-0.05, 0) is 51.2 Å². The van der Waals surface area contributed by atoms with E-state index in [2.05, 4.69) is 27.5 Å². The molecule has 2 aliphatic heterocycles. The third kappa shape index (κ3) is 5.48. The Morgan fingerprint density at radius 3 is 2.61 bits per heavy atom. The first-order valence-corrected chi connectivity index (χ1v) is 10.6. The zero-order chi connectivity index (χ0) is 22.4. The second-order valence-electron chi connectivity index (χ2n) is 7.69. The number of rotatable bonds is 7. The van der Waals surface area contributed by atoms with E-state index in [-0.39, 0.29) is 12.6 Å². The van der Waals surface area contributed by atoms with Crippen molar-refractivity contribution in [2.24, 2.45) is 0 Å². The fourth-order valence-electron chi connectivity index (χ4n) is 3.96. The molecule has 1 aromatic rings. The summed E-state index contributed by atoms with van der Waals surface area (Å²) in [5.41, 5.74) is 1.70. The molecule has 2 amide bonds. The first kappa shape index (κ1) is 22.9. The van der Waals surface area contributed by atoms with Crippen molar-refractivity contribution in [1.82, 2.24) is 20.4 Å². The quantitative estimate of drug-likeness (QED) is 0.631. The SMILES string of the molecule is CCOC(=O)C1=C(CN2CCCN(C)CC2)NC(=O)NC1c1ccc(OC)c(OC)c1. The molecule has 0 aromatic heterocycles. The number of methoxy groups -OCH3 is 2. The molecule has 9 heteroatoms. The molecule has 0 radical (unpaired) electrons. The van der Waals surface area contributed by atoms with Crippen LogP contribution in [0.25, 0.3) is 0 Å². The number of hydrogen-bond acceptors (Lipinski definition) is 7. The van der Waals surface area contributed by atoms with Gasteiger partial charge in [0.25, 0.3) is 0 Å². The number of urea groups is 1. The standard InChI is InChI=1S/C22H32N4O5/c1-5-31-21(27)19-16(14-26-10-6-9-25(2)11-12-26)23-22(28)24-20(19)15-7-8-17(29-3)18(13-15)30-4/h7-8,13,20H,5-6,9-12,14H2,1-4H3,(H2,23,24,28). The van der Waals surface area contributed by atoms with E-state index in [1.807, 2.05) is 6.07 Å². The fraction of sp³-hybridized carbons (Fsp3) is 0.545. The summed E-state index contributed by atoms with van der Waals surface area (Å²) in [6.07, 6.45) is 1.03. The van der Waals surface area contributed by atoms with E-state index in [4.69, 9.17) is 14.2 Å². The summed E-state index contributed by atoms with van der Waals surface area (Å²) in [5.74, 6) is 0.645. The Morgan fingerprint density at radius 2 is 1.90 bits per heavy atom. The van der Waals surface area contributed by atoms with Crippen molar-refractivity contribution >= 4 is 12.0 Å². The fourth-order valence-corrected chi connectivity index (χ4v) is 3.96. The molecule has 0 saturated carbocycles. The van der Waals surface area contributed by atoms with Crippen molar-refractivity contribution in [3.05, 3.63) is 35.0 Å². The predicted octanol–water partition coefficient (Wildman–Crippen LogP) is 1.51. The van der Waals surface area contributed by atoms with Gasteiger partial charge in [-0.2, -0.15) is 0 Å². The van der Waals surface area contributed by atoms with Gasteiger partial charge in [0.1, 0.15) is 0 Å². The third-order valence-corrected chi connectivity index (χ3v) is 5.58. The highest BCUT2D eigenvalue weighted by Crippen LogP contribution is 2.34. The minimum absolute atomic E-state index is 0.247. The van der Waals surface area contributed by atoms with Crippen LogP contribution in [0.3, 0.4) is 0 Å². The summed E-state index contributed by atoms with van der Waals surface area (Å²) in [6, 6.07) is 4.34. The van der Waals surface area contributed by atoms with E-state index in [1.54, 1.807) is 33.3 Å². The molecule has 2 N–H and O–H groups in total. The number of nitrogens with one attached hydrogen (secondary N) is 2. The van der Waals surface area contributed by atoms with Crippen molar-refractivity contribution < 1.29 is 23.8 Å². The van der Waals surface area contributed by atoms with Gasteiger partial charge in [0.15, 0.2) is 11.5 Å². The number of benzene rings is 1. The third-order valence-electron chi connectivity index (χ3n) is 5.58. The van der Waals surface area contributed by atoms with E-state index in [0.29, 0.717) is 34.9 Å². The maximum absolute atomic E-state index is 13.0. The van der Waals surface area contributed by atoms with Crippen LogP contribution in [-0.4, -0.2) is 82.4 Å². The number of likely N-dealkylation sites (N-methyl/N-ethyl adjacent to an activating group) is 1. The van der Waals surface area contributed by atoms with Gasteiger partial charge in [-0.1, -0.05) is 6.07 Å². The summed E-state index contributed by atoms with van der Waals surface area (Å²) in [4.78, 5) is 30.1. The highest BCUT2D eigenvalue weighted by Gasteiger charge is 2.35. The van der Waals surface area contributed by atoms with E-state index >= 15 is 0 Å². The summed E-state index contributed by atoms with van der Waals surface area (Å²) in [6.45, 7) is 6.21. The number of amides is 2. The van der Waals surface area contributed by atoms with Gasteiger partial charge >= 0.3 is 12.0 Å². The van der Waals surface area contributed by atoms with Crippen molar-refractivity contribution in [2.45, 2.75) is 19.4 Å². The van der Waals surface area contributed by atoms with Gasteiger partial charge in [0.2, 0.25) is 0 Å².